The Bertz CT molecular complexity index is 465. The number of hydrogen-bond acceptors (Lipinski definition) is 2. The molecule has 0 saturated heterocycles. The second kappa shape index (κ2) is 4.00. The van der Waals surface area contributed by atoms with E-state index in [9.17, 15) is 0 Å². The number of fused-ring (bicyclic) bond motifs is 4. The topological polar surface area (TPSA) is 21.6 Å². The monoisotopic (exact) mass is 279 g/mol. The number of aliphatic imine (C=N–C) groups is 1. The van der Waals surface area contributed by atoms with E-state index in [2.05, 4.69) is 13.0 Å². The smallest absolute Gasteiger partial charge is 0.186 e. The average molecular weight is 280 g/mol. The first-order valence-electron chi connectivity index (χ1n) is 7.66. The van der Waals surface area contributed by atoms with Gasteiger partial charge >= 0.3 is 0 Å². The van der Waals surface area contributed by atoms with Crippen molar-refractivity contribution in [1.29, 1.82) is 0 Å². The molecule has 0 aromatic rings. The van der Waals surface area contributed by atoms with Crippen LogP contribution in [0, 0.1) is 29.1 Å². The molecule has 1 fully saturated rings. The summed E-state index contributed by atoms with van der Waals surface area (Å²) in [4.78, 5) is 4.99. The van der Waals surface area contributed by atoms with Gasteiger partial charge in [0.15, 0.2) is 5.90 Å². The molecular weight excluding hydrogens is 258 g/mol. The van der Waals surface area contributed by atoms with Crippen molar-refractivity contribution in [2.45, 2.75) is 45.1 Å². The Labute approximate surface area is 120 Å². The summed E-state index contributed by atoms with van der Waals surface area (Å²) in [6, 6.07) is 0.411. The van der Waals surface area contributed by atoms with Crippen LogP contribution in [-0.4, -0.2) is 19.0 Å². The third-order valence-electron chi connectivity index (χ3n) is 6.15. The molecule has 3 heteroatoms. The maximum absolute atomic E-state index is 6.57. The highest BCUT2D eigenvalue weighted by Crippen LogP contribution is 2.69. The van der Waals surface area contributed by atoms with Gasteiger partial charge in [-0.05, 0) is 42.9 Å². The van der Waals surface area contributed by atoms with Gasteiger partial charge in [-0.1, -0.05) is 31.0 Å². The summed E-state index contributed by atoms with van der Waals surface area (Å²) >= 11 is 6.57. The van der Waals surface area contributed by atoms with Crippen LogP contribution in [0.3, 0.4) is 0 Å². The molecule has 2 aliphatic carbocycles. The van der Waals surface area contributed by atoms with Crippen LogP contribution in [0.2, 0.25) is 0 Å². The highest BCUT2D eigenvalue weighted by molar-refractivity contribution is 6.30. The quantitative estimate of drug-likeness (QED) is 0.657. The molecule has 0 N–H and O–H groups in total. The van der Waals surface area contributed by atoms with Crippen molar-refractivity contribution in [3.05, 3.63) is 11.1 Å². The molecule has 1 saturated carbocycles. The standard InChI is InChI=1S/C16H22ClNO/c1-9-12(17)8-11-13-5-3-4-10(15(18-13)19-2)14(9)16(11)6-7-16/h8-11,13-14H,3-7H2,1-2H3/t9-,10-,11+,13+,14-/m1/s1. The van der Waals surface area contributed by atoms with Crippen molar-refractivity contribution < 1.29 is 4.74 Å². The second-order valence-electron chi connectivity index (χ2n) is 6.90. The fraction of sp³-hybridized carbons (Fsp3) is 0.812. The summed E-state index contributed by atoms with van der Waals surface area (Å²) < 4.78 is 5.68. The van der Waals surface area contributed by atoms with Gasteiger partial charge in [-0.2, -0.15) is 0 Å². The zero-order valence-electron chi connectivity index (χ0n) is 11.7. The SMILES string of the molecule is COC1=N[C@H]2CCC[C@@H]1[C@H]1[C@H](C)C(Cl)=C[C@@H]2C12CC2. The summed E-state index contributed by atoms with van der Waals surface area (Å²) in [5.41, 5.74) is 0.497. The van der Waals surface area contributed by atoms with E-state index in [0.717, 1.165) is 10.9 Å². The Morgan fingerprint density at radius 2 is 2.16 bits per heavy atom. The molecular formula is C16H22ClNO. The minimum Gasteiger partial charge on any atom is -0.484 e. The lowest BCUT2D eigenvalue weighted by atomic mass is 9.60. The minimum absolute atomic E-state index is 0.411. The van der Waals surface area contributed by atoms with Gasteiger partial charge in [0, 0.05) is 16.9 Å². The number of rotatable bonds is 0. The Kier molecular flexibility index (Phi) is 2.58. The molecule has 0 unspecified atom stereocenters. The fourth-order valence-corrected chi connectivity index (χ4v) is 5.50. The highest BCUT2D eigenvalue weighted by atomic mass is 35.5. The highest BCUT2D eigenvalue weighted by Gasteiger charge is 2.64. The summed E-state index contributed by atoms with van der Waals surface area (Å²) in [6.07, 6.45) is 8.81. The van der Waals surface area contributed by atoms with Crippen LogP contribution >= 0.6 is 11.6 Å². The molecule has 4 bridgehead atoms. The minimum atomic E-state index is 0.411. The van der Waals surface area contributed by atoms with Crippen LogP contribution < -0.4 is 0 Å². The van der Waals surface area contributed by atoms with Gasteiger partial charge in [0.2, 0.25) is 0 Å². The molecule has 2 heterocycles. The molecule has 104 valence electrons. The van der Waals surface area contributed by atoms with Gasteiger partial charge in [0.1, 0.15) is 0 Å². The van der Waals surface area contributed by atoms with Gasteiger partial charge in [-0.3, -0.25) is 4.99 Å². The predicted octanol–water partition coefficient (Wildman–Crippen LogP) is 4.00. The molecule has 19 heavy (non-hydrogen) atoms. The number of allylic oxidation sites excluding steroid dienone is 1. The van der Waals surface area contributed by atoms with Crippen molar-refractivity contribution in [3.8, 4) is 0 Å². The van der Waals surface area contributed by atoms with E-state index in [-0.39, 0.29) is 0 Å². The van der Waals surface area contributed by atoms with Crippen molar-refractivity contribution in [2.24, 2.45) is 34.1 Å². The first-order chi connectivity index (χ1) is 9.17. The second-order valence-corrected chi connectivity index (χ2v) is 7.34. The van der Waals surface area contributed by atoms with Gasteiger partial charge in [0.05, 0.1) is 13.2 Å². The first kappa shape index (κ1) is 12.3. The molecule has 4 rings (SSSR count). The number of hydrogen-bond donors (Lipinski definition) is 0. The lowest BCUT2D eigenvalue weighted by molar-refractivity contribution is 0.102. The van der Waals surface area contributed by atoms with Crippen LogP contribution in [0.15, 0.2) is 16.1 Å². The van der Waals surface area contributed by atoms with Gasteiger partial charge in [-0.25, -0.2) is 0 Å². The molecule has 2 aliphatic heterocycles. The largest absolute Gasteiger partial charge is 0.484 e. The van der Waals surface area contributed by atoms with Crippen molar-refractivity contribution in [1.82, 2.24) is 0 Å². The lowest BCUT2D eigenvalue weighted by Crippen LogP contribution is -2.43. The number of nitrogens with zero attached hydrogens (tertiary/aromatic N) is 1. The maximum Gasteiger partial charge on any atom is 0.186 e. The molecule has 2 nitrogen and oxygen atoms in total. The van der Waals surface area contributed by atoms with E-state index in [1.807, 2.05) is 0 Å². The van der Waals surface area contributed by atoms with Crippen LogP contribution in [0.1, 0.15) is 39.0 Å². The van der Waals surface area contributed by atoms with E-state index >= 15 is 0 Å². The summed E-state index contributed by atoms with van der Waals surface area (Å²) in [7, 11) is 1.79. The van der Waals surface area contributed by atoms with Crippen LogP contribution in [0.4, 0.5) is 0 Å². The number of halogens is 1. The molecule has 4 aliphatic rings. The third-order valence-corrected chi connectivity index (χ3v) is 6.62. The summed E-state index contributed by atoms with van der Waals surface area (Å²) in [5, 5.41) is 1.08. The van der Waals surface area contributed by atoms with Gasteiger partial charge in [-0.15, -0.1) is 0 Å². The third kappa shape index (κ3) is 1.53. The normalized spacial score (nSPS) is 46.2. The zero-order valence-corrected chi connectivity index (χ0v) is 12.5. The fourth-order valence-electron chi connectivity index (χ4n) is 5.23. The molecule has 5 atom stereocenters. The maximum atomic E-state index is 6.57. The summed E-state index contributed by atoms with van der Waals surface area (Å²) in [5.74, 6) is 3.21. The van der Waals surface area contributed by atoms with Crippen LogP contribution in [-0.2, 0) is 4.74 Å². The first-order valence-corrected chi connectivity index (χ1v) is 8.04. The molecule has 0 aromatic carbocycles. The van der Waals surface area contributed by atoms with Gasteiger partial charge < -0.3 is 4.74 Å². The van der Waals surface area contributed by atoms with E-state index < -0.39 is 0 Å². The zero-order chi connectivity index (χ0) is 13.2. The van der Waals surface area contributed by atoms with E-state index in [0.29, 0.717) is 35.1 Å². The van der Waals surface area contributed by atoms with E-state index in [4.69, 9.17) is 21.3 Å². The Balaban J connectivity index is 1.89. The Morgan fingerprint density at radius 1 is 1.37 bits per heavy atom. The average Bonchev–Trinajstić information content (AvgIpc) is 3.19. The lowest BCUT2D eigenvalue weighted by Gasteiger charge is -2.45. The van der Waals surface area contributed by atoms with E-state index in [1.165, 1.54) is 32.1 Å². The van der Waals surface area contributed by atoms with Crippen LogP contribution in [0.5, 0.6) is 0 Å². The van der Waals surface area contributed by atoms with Gasteiger partial charge in [0.25, 0.3) is 0 Å². The van der Waals surface area contributed by atoms with Crippen LogP contribution in [0.25, 0.3) is 0 Å². The van der Waals surface area contributed by atoms with E-state index in [1.54, 1.807) is 7.11 Å². The molecule has 0 aromatic heterocycles. The van der Waals surface area contributed by atoms with Crippen molar-refractivity contribution in [2.75, 3.05) is 7.11 Å². The van der Waals surface area contributed by atoms with Crippen molar-refractivity contribution in [3.63, 3.8) is 0 Å². The number of ether oxygens (including phenoxy) is 1. The Morgan fingerprint density at radius 3 is 2.84 bits per heavy atom. The number of methoxy groups -OCH3 is 1. The Hall–Kier alpha value is -0.500. The molecule has 0 radical (unpaired) electrons. The summed E-state index contributed by atoms with van der Waals surface area (Å²) in [6.45, 7) is 2.31. The predicted molar refractivity (Wildman–Crippen MR) is 77.3 cm³/mol. The molecule has 1 spiro atoms. The molecule has 0 amide bonds. The van der Waals surface area contributed by atoms with Crippen molar-refractivity contribution >= 4 is 17.5 Å².